The van der Waals surface area contributed by atoms with Crippen LogP contribution in [0.5, 0.6) is 0 Å². The standard InChI is InChI=1S/C6H10INO2/c7-3-4-1-2-5(8)6(9)10-4/h4-5H,1-3,8H2. The Morgan fingerprint density at radius 3 is 2.90 bits per heavy atom. The predicted octanol–water partition coefficient (Wildman–Crippen LogP) is 0.454. The second-order valence-corrected chi connectivity index (χ2v) is 3.28. The van der Waals surface area contributed by atoms with Crippen molar-refractivity contribution in [3.8, 4) is 0 Å². The maximum absolute atomic E-state index is 10.8. The van der Waals surface area contributed by atoms with Crippen LogP contribution in [0.4, 0.5) is 0 Å². The van der Waals surface area contributed by atoms with Gasteiger partial charge >= 0.3 is 5.97 Å². The number of ether oxygens (including phenoxy) is 1. The zero-order valence-corrected chi connectivity index (χ0v) is 7.71. The molecule has 1 aliphatic heterocycles. The molecule has 0 aromatic heterocycles. The summed E-state index contributed by atoms with van der Waals surface area (Å²) >= 11 is 2.21. The summed E-state index contributed by atoms with van der Waals surface area (Å²) < 4.78 is 5.85. The lowest BCUT2D eigenvalue weighted by Crippen LogP contribution is -2.40. The first kappa shape index (κ1) is 8.26. The number of hydrogen-bond donors (Lipinski definition) is 1. The van der Waals surface area contributed by atoms with Gasteiger partial charge in [-0.3, -0.25) is 4.79 Å². The van der Waals surface area contributed by atoms with Gasteiger partial charge in [0.1, 0.15) is 12.1 Å². The molecule has 4 heteroatoms. The second-order valence-electron chi connectivity index (χ2n) is 2.40. The number of cyclic esters (lactones) is 1. The van der Waals surface area contributed by atoms with Gasteiger partial charge in [0.05, 0.1) is 0 Å². The molecule has 2 N–H and O–H groups in total. The second kappa shape index (κ2) is 3.52. The molecule has 1 fully saturated rings. The summed E-state index contributed by atoms with van der Waals surface area (Å²) in [5, 5.41) is 0. The van der Waals surface area contributed by atoms with Crippen molar-refractivity contribution < 1.29 is 9.53 Å². The number of nitrogens with two attached hydrogens (primary N) is 1. The summed E-state index contributed by atoms with van der Waals surface area (Å²) in [6.45, 7) is 0. The van der Waals surface area contributed by atoms with E-state index in [4.69, 9.17) is 10.5 Å². The number of carbonyl (C=O) groups is 1. The summed E-state index contributed by atoms with van der Waals surface area (Å²) in [5.74, 6) is -0.243. The van der Waals surface area contributed by atoms with Crippen LogP contribution in [0, 0.1) is 0 Å². The lowest BCUT2D eigenvalue weighted by Gasteiger charge is -2.24. The van der Waals surface area contributed by atoms with E-state index in [0.717, 1.165) is 17.3 Å². The minimum Gasteiger partial charge on any atom is -0.460 e. The molecule has 0 saturated carbocycles. The van der Waals surface area contributed by atoms with Gasteiger partial charge in [-0.2, -0.15) is 0 Å². The quantitative estimate of drug-likeness (QED) is 0.420. The fourth-order valence-electron chi connectivity index (χ4n) is 0.903. The summed E-state index contributed by atoms with van der Waals surface area (Å²) in [6, 6.07) is -0.376. The van der Waals surface area contributed by atoms with Crippen molar-refractivity contribution in [1.82, 2.24) is 0 Å². The summed E-state index contributed by atoms with van der Waals surface area (Å²) in [5.41, 5.74) is 5.42. The van der Waals surface area contributed by atoms with Crippen LogP contribution in [0.3, 0.4) is 0 Å². The molecule has 0 aromatic carbocycles. The third kappa shape index (κ3) is 1.82. The molecule has 0 spiro atoms. The van der Waals surface area contributed by atoms with Crippen LogP contribution in [0.25, 0.3) is 0 Å². The Balaban J connectivity index is 2.41. The minimum atomic E-state index is -0.376. The van der Waals surface area contributed by atoms with Crippen molar-refractivity contribution >= 4 is 28.6 Å². The Kier molecular flexibility index (Phi) is 2.91. The van der Waals surface area contributed by atoms with Crippen molar-refractivity contribution in [3.63, 3.8) is 0 Å². The summed E-state index contributed by atoms with van der Waals surface area (Å²) in [4.78, 5) is 10.8. The third-order valence-electron chi connectivity index (χ3n) is 1.56. The average molecular weight is 255 g/mol. The van der Waals surface area contributed by atoms with E-state index >= 15 is 0 Å². The first-order chi connectivity index (χ1) is 4.74. The minimum absolute atomic E-state index is 0.105. The van der Waals surface area contributed by atoms with Gasteiger partial charge in [0, 0.05) is 4.43 Å². The van der Waals surface area contributed by atoms with Crippen LogP contribution in [0.1, 0.15) is 12.8 Å². The van der Waals surface area contributed by atoms with Gasteiger partial charge < -0.3 is 10.5 Å². The van der Waals surface area contributed by atoms with Crippen LogP contribution in [0.15, 0.2) is 0 Å². The van der Waals surface area contributed by atoms with Gasteiger partial charge in [-0.25, -0.2) is 0 Å². The zero-order chi connectivity index (χ0) is 7.56. The highest BCUT2D eigenvalue weighted by molar-refractivity contribution is 14.1. The number of hydrogen-bond acceptors (Lipinski definition) is 3. The van der Waals surface area contributed by atoms with Gasteiger partial charge in [0.2, 0.25) is 0 Å². The Hall–Kier alpha value is 0.160. The van der Waals surface area contributed by atoms with Crippen LogP contribution in [-0.2, 0) is 9.53 Å². The molecule has 1 aliphatic rings. The van der Waals surface area contributed by atoms with Crippen molar-refractivity contribution in [2.24, 2.45) is 5.73 Å². The van der Waals surface area contributed by atoms with Gasteiger partial charge in [-0.05, 0) is 12.8 Å². The molecule has 0 amide bonds. The molecule has 58 valence electrons. The summed E-state index contributed by atoms with van der Waals surface area (Å²) in [6.07, 6.45) is 1.79. The van der Waals surface area contributed by atoms with Crippen LogP contribution in [-0.4, -0.2) is 22.5 Å². The highest BCUT2D eigenvalue weighted by Gasteiger charge is 2.25. The van der Waals surface area contributed by atoms with Gasteiger partial charge in [-0.1, -0.05) is 22.6 Å². The lowest BCUT2D eigenvalue weighted by molar-refractivity contribution is -0.154. The molecule has 1 rings (SSSR count). The van der Waals surface area contributed by atoms with Crippen molar-refractivity contribution in [3.05, 3.63) is 0 Å². The van der Waals surface area contributed by atoms with E-state index in [9.17, 15) is 4.79 Å². The predicted molar refractivity (Wildman–Crippen MR) is 46.0 cm³/mol. The topological polar surface area (TPSA) is 52.3 Å². The van der Waals surface area contributed by atoms with E-state index in [1.165, 1.54) is 0 Å². The van der Waals surface area contributed by atoms with Crippen molar-refractivity contribution in [2.75, 3.05) is 4.43 Å². The number of esters is 1. The first-order valence-electron chi connectivity index (χ1n) is 3.26. The van der Waals surface area contributed by atoms with Crippen LogP contribution in [0.2, 0.25) is 0 Å². The Bertz CT molecular complexity index is 140. The number of carbonyl (C=O) groups excluding carboxylic acids is 1. The van der Waals surface area contributed by atoms with E-state index in [2.05, 4.69) is 22.6 Å². The van der Waals surface area contributed by atoms with Crippen molar-refractivity contribution in [2.45, 2.75) is 25.0 Å². The molecule has 0 radical (unpaired) electrons. The summed E-state index contributed by atoms with van der Waals surface area (Å²) in [7, 11) is 0. The molecule has 2 unspecified atom stereocenters. The van der Waals surface area contributed by atoms with Crippen LogP contribution < -0.4 is 5.73 Å². The first-order valence-corrected chi connectivity index (χ1v) is 4.78. The van der Waals surface area contributed by atoms with E-state index < -0.39 is 0 Å². The highest BCUT2D eigenvalue weighted by atomic mass is 127. The smallest absolute Gasteiger partial charge is 0.323 e. The van der Waals surface area contributed by atoms with E-state index in [1.807, 2.05) is 0 Å². The number of halogens is 1. The molecule has 0 aromatic rings. The normalized spacial score (nSPS) is 33.6. The number of alkyl halides is 1. The molecular formula is C6H10INO2. The van der Waals surface area contributed by atoms with E-state index in [-0.39, 0.29) is 18.1 Å². The lowest BCUT2D eigenvalue weighted by atomic mass is 10.1. The van der Waals surface area contributed by atoms with E-state index in [0.29, 0.717) is 0 Å². The Morgan fingerprint density at radius 2 is 2.40 bits per heavy atom. The molecule has 2 atom stereocenters. The van der Waals surface area contributed by atoms with Crippen molar-refractivity contribution in [1.29, 1.82) is 0 Å². The zero-order valence-electron chi connectivity index (χ0n) is 5.55. The monoisotopic (exact) mass is 255 g/mol. The average Bonchev–Trinajstić information content (AvgIpc) is 1.95. The van der Waals surface area contributed by atoms with Gasteiger partial charge in [0.15, 0.2) is 0 Å². The van der Waals surface area contributed by atoms with Gasteiger partial charge in [-0.15, -0.1) is 0 Å². The molecular weight excluding hydrogens is 245 g/mol. The maximum atomic E-state index is 10.8. The molecule has 1 saturated heterocycles. The third-order valence-corrected chi connectivity index (χ3v) is 2.54. The SMILES string of the molecule is NC1CCC(CI)OC1=O. The Morgan fingerprint density at radius 1 is 1.70 bits per heavy atom. The fourth-order valence-corrected chi connectivity index (χ4v) is 1.52. The Labute approximate surface area is 73.4 Å². The maximum Gasteiger partial charge on any atom is 0.323 e. The largest absolute Gasteiger partial charge is 0.460 e. The molecule has 0 aliphatic carbocycles. The molecule has 0 bridgehead atoms. The molecule has 3 nitrogen and oxygen atoms in total. The molecule has 10 heavy (non-hydrogen) atoms. The van der Waals surface area contributed by atoms with E-state index in [1.54, 1.807) is 0 Å². The highest BCUT2D eigenvalue weighted by Crippen LogP contribution is 2.14. The molecule has 1 heterocycles. The van der Waals surface area contributed by atoms with Crippen LogP contribution >= 0.6 is 22.6 Å². The van der Waals surface area contributed by atoms with Gasteiger partial charge in [0.25, 0.3) is 0 Å². The number of rotatable bonds is 1. The fraction of sp³-hybridized carbons (Fsp3) is 0.833.